The third-order valence-electron chi connectivity index (χ3n) is 7.94. The van der Waals surface area contributed by atoms with Crippen LogP contribution in [0.15, 0.2) is 24.5 Å². The smallest absolute Gasteiger partial charge is 0.472 e. The largest absolute Gasteiger partial charge is 0.498 e. The number of nitrogens with two attached hydrogens (primary N) is 1. The summed E-state index contributed by atoms with van der Waals surface area (Å²) in [5.74, 6) is -0.362. The number of hydrogen-bond acceptors (Lipinski definition) is 7. The summed E-state index contributed by atoms with van der Waals surface area (Å²) in [4.78, 5) is 22.3. The molecule has 0 saturated carbocycles. The van der Waals surface area contributed by atoms with Gasteiger partial charge in [-0.05, 0) is 51.0 Å². The quantitative estimate of drug-likeness (QED) is 0.0222. The normalized spacial score (nSPS) is 13.8. The van der Waals surface area contributed by atoms with E-state index >= 15 is 0 Å². The molecule has 0 saturated heterocycles. The van der Waals surface area contributed by atoms with Crippen molar-refractivity contribution < 1.29 is 32.8 Å². The van der Waals surface area contributed by atoms with E-state index in [1.807, 2.05) is 6.08 Å². The average molecular weight is 674 g/mol. The molecule has 0 rings (SSSR count). The van der Waals surface area contributed by atoms with Crippen molar-refractivity contribution in [1.82, 2.24) is 0 Å². The number of rotatable bonds is 36. The maximum absolute atomic E-state index is 12.5. The molecule has 272 valence electrons. The number of unbranched alkanes of at least 4 members (excludes halogenated alkanes) is 21. The highest BCUT2D eigenvalue weighted by atomic mass is 31.2. The van der Waals surface area contributed by atoms with Crippen molar-refractivity contribution >= 4 is 13.8 Å². The summed E-state index contributed by atoms with van der Waals surface area (Å²) in [6.07, 6.45) is 37.1. The summed E-state index contributed by atoms with van der Waals surface area (Å²) in [5.41, 5.74) is 5.34. The maximum Gasteiger partial charge on any atom is 0.472 e. The molecule has 46 heavy (non-hydrogen) atoms. The van der Waals surface area contributed by atoms with Gasteiger partial charge in [0.15, 0.2) is 6.10 Å². The Morgan fingerprint density at radius 2 is 1.11 bits per heavy atom. The second-order valence-electron chi connectivity index (χ2n) is 12.5. The molecule has 8 nitrogen and oxygen atoms in total. The fourth-order valence-electron chi connectivity index (χ4n) is 5.13. The molecule has 0 aromatic carbocycles. The molecule has 0 aliphatic heterocycles. The van der Waals surface area contributed by atoms with Crippen LogP contribution in [0.2, 0.25) is 0 Å². The predicted molar refractivity (Wildman–Crippen MR) is 192 cm³/mol. The van der Waals surface area contributed by atoms with E-state index in [2.05, 4.69) is 26.0 Å². The number of hydrogen-bond donors (Lipinski definition) is 2. The van der Waals surface area contributed by atoms with Gasteiger partial charge in [0.1, 0.15) is 6.61 Å². The van der Waals surface area contributed by atoms with Crippen LogP contribution in [0.4, 0.5) is 0 Å². The first-order chi connectivity index (χ1) is 22.4. The number of phosphoric acid groups is 1. The minimum Gasteiger partial charge on any atom is -0.498 e. The van der Waals surface area contributed by atoms with Crippen molar-refractivity contribution in [2.75, 3.05) is 26.4 Å². The second kappa shape index (κ2) is 35.1. The molecular formula is C37H72NO7P. The van der Waals surface area contributed by atoms with E-state index in [-0.39, 0.29) is 32.3 Å². The Morgan fingerprint density at radius 1 is 0.652 bits per heavy atom. The Balaban J connectivity index is 4.16. The van der Waals surface area contributed by atoms with E-state index in [4.69, 9.17) is 24.3 Å². The van der Waals surface area contributed by atoms with Crippen LogP contribution in [0.1, 0.15) is 174 Å². The Kier molecular flexibility index (Phi) is 34.2. The van der Waals surface area contributed by atoms with Crippen LogP contribution in [0, 0.1) is 0 Å². The molecule has 0 spiro atoms. The summed E-state index contributed by atoms with van der Waals surface area (Å²) >= 11 is 0. The summed E-state index contributed by atoms with van der Waals surface area (Å²) in [6.45, 7) is 4.21. The lowest BCUT2D eigenvalue weighted by atomic mass is 10.0. The molecule has 1 unspecified atom stereocenters. The Hall–Kier alpha value is -1.18. The van der Waals surface area contributed by atoms with Crippen LogP contribution in [0.3, 0.4) is 0 Å². The molecule has 0 fully saturated rings. The highest BCUT2D eigenvalue weighted by Crippen LogP contribution is 2.43. The van der Waals surface area contributed by atoms with E-state index in [0.29, 0.717) is 6.42 Å². The van der Waals surface area contributed by atoms with Crippen LogP contribution in [-0.2, 0) is 27.9 Å². The third kappa shape index (κ3) is 34.2. The number of phosphoric ester groups is 1. The maximum atomic E-state index is 12.5. The van der Waals surface area contributed by atoms with E-state index in [9.17, 15) is 14.3 Å². The summed E-state index contributed by atoms with van der Waals surface area (Å²) in [6, 6.07) is 0. The lowest BCUT2D eigenvalue weighted by Gasteiger charge is -2.19. The first-order valence-corrected chi connectivity index (χ1v) is 20.4. The second-order valence-corrected chi connectivity index (χ2v) is 14.0. The molecular weight excluding hydrogens is 601 g/mol. The highest BCUT2D eigenvalue weighted by molar-refractivity contribution is 7.47. The molecule has 0 radical (unpaired) electrons. The first kappa shape index (κ1) is 44.8. The number of carbonyl (C=O) groups is 1. The Morgan fingerprint density at radius 3 is 1.63 bits per heavy atom. The molecule has 0 aromatic heterocycles. The highest BCUT2D eigenvalue weighted by Gasteiger charge is 2.25. The van der Waals surface area contributed by atoms with Crippen molar-refractivity contribution in [3.05, 3.63) is 24.5 Å². The zero-order chi connectivity index (χ0) is 33.8. The van der Waals surface area contributed by atoms with Gasteiger partial charge in [-0.3, -0.25) is 13.8 Å². The lowest BCUT2D eigenvalue weighted by molar-refractivity contribution is -0.153. The Labute approximate surface area is 283 Å². The van der Waals surface area contributed by atoms with Crippen molar-refractivity contribution in [1.29, 1.82) is 0 Å². The molecule has 0 aliphatic carbocycles. The van der Waals surface area contributed by atoms with Gasteiger partial charge in [0.05, 0.1) is 19.5 Å². The zero-order valence-electron chi connectivity index (χ0n) is 29.8. The SMILES string of the molecule is CCCCCCC=CCCCCCCCC(=O)O[C@H](COC=CCCCCCCCCCCCCCC)COP(=O)(O)OCCN. The van der Waals surface area contributed by atoms with Gasteiger partial charge in [-0.25, -0.2) is 4.57 Å². The number of carbonyl (C=O) groups excluding carboxylic acids is 1. The fourth-order valence-corrected chi connectivity index (χ4v) is 5.90. The minimum atomic E-state index is -4.28. The van der Waals surface area contributed by atoms with Gasteiger partial charge in [0, 0.05) is 13.0 Å². The van der Waals surface area contributed by atoms with Crippen molar-refractivity contribution in [3.8, 4) is 0 Å². The van der Waals surface area contributed by atoms with E-state index in [1.165, 1.54) is 109 Å². The molecule has 0 aromatic rings. The molecule has 2 atom stereocenters. The standard InChI is InChI=1S/C37H72NO7P/c1-3-5-7-9-11-13-15-17-19-21-23-25-27-29-32-42-34-36(35-44-46(40,41)43-33-31-38)45-37(39)30-28-26-24-22-20-18-16-14-12-10-8-6-4-2/h14,16,29,32,36H,3-13,15,17-28,30-31,33-35,38H2,1-2H3,(H,40,41)/t36-/m1/s1. The monoisotopic (exact) mass is 674 g/mol. The Bertz CT molecular complexity index is 762. The summed E-state index contributed by atoms with van der Waals surface area (Å²) in [5, 5.41) is 0. The van der Waals surface area contributed by atoms with Crippen LogP contribution in [0.5, 0.6) is 0 Å². The first-order valence-electron chi connectivity index (χ1n) is 18.9. The van der Waals surface area contributed by atoms with Crippen molar-refractivity contribution in [2.45, 2.75) is 180 Å². The van der Waals surface area contributed by atoms with E-state index < -0.39 is 13.9 Å². The van der Waals surface area contributed by atoms with Gasteiger partial charge in [0.25, 0.3) is 0 Å². The molecule has 3 N–H and O–H groups in total. The van der Waals surface area contributed by atoms with Crippen molar-refractivity contribution in [3.63, 3.8) is 0 Å². The van der Waals surface area contributed by atoms with Crippen LogP contribution in [0.25, 0.3) is 0 Å². The number of ether oxygens (including phenoxy) is 2. The summed E-state index contributed by atoms with van der Waals surface area (Å²) < 4.78 is 33.0. The molecule has 0 aliphatic rings. The van der Waals surface area contributed by atoms with Crippen LogP contribution >= 0.6 is 7.82 Å². The predicted octanol–water partition coefficient (Wildman–Crippen LogP) is 10.9. The fraction of sp³-hybridized carbons (Fsp3) is 0.865. The molecule has 0 bridgehead atoms. The summed E-state index contributed by atoms with van der Waals surface area (Å²) in [7, 11) is -4.28. The average Bonchev–Trinajstić information content (AvgIpc) is 3.04. The van der Waals surface area contributed by atoms with E-state index in [0.717, 1.165) is 44.9 Å². The third-order valence-corrected chi connectivity index (χ3v) is 8.92. The van der Waals surface area contributed by atoms with Crippen LogP contribution in [-0.4, -0.2) is 43.3 Å². The van der Waals surface area contributed by atoms with Crippen molar-refractivity contribution in [2.24, 2.45) is 5.73 Å². The topological polar surface area (TPSA) is 117 Å². The van der Waals surface area contributed by atoms with Gasteiger partial charge in [-0.15, -0.1) is 0 Å². The number of allylic oxidation sites excluding steroid dienone is 3. The molecule has 0 amide bonds. The minimum absolute atomic E-state index is 0.0314. The van der Waals surface area contributed by atoms with Gasteiger partial charge >= 0.3 is 13.8 Å². The number of esters is 1. The van der Waals surface area contributed by atoms with E-state index in [1.54, 1.807) is 6.26 Å². The van der Waals surface area contributed by atoms with Gasteiger partial charge < -0.3 is 20.1 Å². The molecule has 0 heterocycles. The molecule has 9 heteroatoms. The van der Waals surface area contributed by atoms with Crippen LogP contribution < -0.4 is 5.73 Å². The van der Waals surface area contributed by atoms with Gasteiger partial charge in [0.2, 0.25) is 0 Å². The zero-order valence-corrected chi connectivity index (χ0v) is 30.7. The van der Waals surface area contributed by atoms with Gasteiger partial charge in [-0.2, -0.15) is 0 Å². The lowest BCUT2D eigenvalue weighted by Crippen LogP contribution is -2.27. The van der Waals surface area contributed by atoms with Gasteiger partial charge in [-0.1, -0.05) is 135 Å².